The molecule has 2 fully saturated rings. The molecular weight excluding hydrogens is 664 g/mol. The highest BCUT2D eigenvalue weighted by Crippen LogP contribution is 2.44. The summed E-state index contributed by atoms with van der Waals surface area (Å²) in [5.74, 6) is -2.97. The molecule has 0 spiro atoms. The Kier molecular flexibility index (Phi) is 9.15. The van der Waals surface area contributed by atoms with E-state index in [1.165, 1.54) is 48.3 Å². The molecule has 2 saturated heterocycles. The van der Waals surface area contributed by atoms with Crippen molar-refractivity contribution >= 4 is 29.8 Å². The van der Waals surface area contributed by atoms with Crippen molar-refractivity contribution in [2.75, 3.05) is 27.1 Å². The molecule has 7 rings (SSSR count). The summed E-state index contributed by atoms with van der Waals surface area (Å²) in [6.45, 7) is -0.227. The molecule has 0 saturated carbocycles. The minimum atomic E-state index is -1.32. The summed E-state index contributed by atoms with van der Waals surface area (Å²) in [7, 11) is 1.19. The Labute approximate surface area is 283 Å². The molecule has 2 N–H and O–H groups in total. The van der Waals surface area contributed by atoms with Crippen LogP contribution in [-0.2, 0) is 35.9 Å². The predicted octanol–water partition coefficient (Wildman–Crippen LogP) is 4.03. The maximum absolute atomic E-state index is 14.7. The Morgan fingerprint density at radius 2 is 2.02 bits per heavy atom. The lowest BCUT2D eigenvalue weighted by molar-refractivity contribution is -0.165. The number of para-hydroxylation sites is 1. The van der Waals surface area contributed by atoms with Crippen LogP contribution in [0.5, 0.6) is 5.75 Å². The van der Waals surface area contributed by atoms with E-state index in [1.807, 2.05) is 12.2 Å². The number of benzene rings is 2. The molecule has 256 valence electrons. The summed E-state index contributed by atoms with van der Waals surface area (Å²) < 4.78 is 55.6. The molecule has 4 aliphatic heterocycles. The third-order valence-electron chi connectivity index (χ3n) is 8.93. The van der Waals surface area contributed by atoms with E-state index in [9.17, 15) is 28.3 Å². The van der Waals surface area contributed by atoms with E-state index in [4.69, 9.17) is 23.7 Å². The smallest absolute Gasteiger partial charge is 0.465 e. The first-order valence-corrected chi connectivity index (χ1v) is 16.4. The van der Waals surface area contributed by atoms with Gasteiger partial charge in [0.05, 0.1) is 19.8 Å². The Morgan fingerprint density at radius 3 is 2.86 bits per heavy atom. The molecule has 49 heavy (non-hydrogen) atoms. The fraction of sp³-hybridized carbons (Fsp3) is 0.324. The van der Waals surface area contributed by atoms with Gasteiger partial charge in [-0.1, -0.05) is 30.4 Å². The van der Waals surface area contributed by atoms with Crippen LogP contribution in [0.4, 0.5) is 13.6 Å². The van der Waals surface area contributed by atoms with Crippen LogP contribution < -0.4 is 10.2 Å². The fourth-order valence-corrected chi connectivity index (χ4v) is 7.80. The Morgan fingerprint density at radius 1 is 1.18 bits per heavy atom. The Hall–Kier alpha value is -4.70. The average molecular weight is 696 g/mol. The minimum absolute atomic E-state index is 0.000185. The number of rotatable bonds is 6. The van der Waals surface area contributed by atoms with Gasteiger partial charge in [0.15, 0.2) is 23.1 Å². The number of amides is 1. The number of hydrogen-bond donors (Lipinski definition) is 2. The number of esters is 1. The van der Waals surface area contributed by atoms with Crippen molar-refractivity contribution in [3.8, 4) is 5.75 Å². The molecular formula is C34H31F2N3O9S. The zero-order valence-electron chi connectivity index (χ0n) is 26.1. The van der Waals surface area contributed by atoms with Crippen LogP contribution >= 0.6 is 11.8 Å². The highest BCUT2D eigenvalue weighted by Gasteiger charge is 2.49. The number of hydrazine groups is 1. The Bertz CT molecular complexity index is 1830. The summed E-state index contributed by atoms with van der Waals surface area (Å²) in [6, 6.07) is 8.72. The zero-order chi connectivity index (χ0) is 34.2. The lowest BCUT2D eigenvalue weighted by Gasteiger charge is -2.51. The minimum Gasteiger partial charge on any atom is -0.465 e. The van der Waals surface area contributed by atoms with E-state index in [0.717, 1.165) is 22.1 Å². The standard InChI is InChI=1S/C34H31F2N3O9S/c1-44-33(42)20-5-2-3-7-25(20)48-34(43)47-17-46-30-24(40)11-12-39-28(30)32(41)38-13-14-45-29(31(38)37-39)19-6-4-8-26-21(19)15-18-9-10-23(35)27(36)22(18)16-49-26/h2-5,7-12,19,24,29,31,37,40H,6,13-17H2,1H3/t19?,24?,29-,31-/m0/s1. The lowest BCUT2D eigenvalue weighted by Crippen LogP contribution is -2.70. The van der Waals surface area contributed by atoms with E-state index < -0.39 is 54.8 Å². The quantitative estimate of drug-likeness (QED) is 0.257. The van der Waals surface area contributed by atoms with Gasteiger partial charge < -0.3 is 33.7 Å². The second-order valence-electron chi connectivity index (χ2n) is 11.6. The van der Waals surface area contributed by atoms with Gasteiger partial charge in [0.2, 0.25) is 6.79 Å². The van der Waals surface area contributed by atoms with E-state index in [0.29, 0.717) is 24.2 Å². The summed E-state index contributed by atoms with van der Waals surface area (Å²) in [4.78, 5) is 41.0. The molecule has 2 unspecified atom stereocenters. The molecule has 5 aliphatic rings. The first kappa shape index (κ1) is 32.8. The van der Waals surface area contributed by atoms with E-state index >= 15 is 0 Å². The molecule has 4 atom stereocenters. The van der Waals surface area contributed by atoms with Gasteiger partial charge in [0.25, 0.3) is 5.91 Å². The first-order chi connectivity index (χ1) is 23.7. The number of allylic oxidation sites excluding steroid dienone is 2. The van der Waals surface area contributed by atoms with Gasteiger partial charge in [-0.2, -0.15) is 0 Å². The van der Waals surface area contributed by atoms with Crippen molar-refractivity contribution in [3.05, 3.63) is 111 Å². The highest BCUT2D eigenvalue weighted by atomic mass is 32.2. The van der Waals surface area contributed by atoms with Crippen LogP contribution in [0.2, 0.25) is 0 Å². The van der Waals surface area contributed by atoms with Gasteiger partial charge >= 0.3 is 12.1 Å². The summed E-state index contributed by atoms with van der Waals surface area (Å²) in [6.07, 6.45) is 4.35. The maximum atomic E-state index is 14.7. The maximum Gasteiger partial charge on any atom is 0.516 e. The van der Waals surface area contributed by atoms with Crippen molar-refractivity contribution in [1.82, 2.24) is 15.3 Å². The van der Waals surface area contributed by atoms with E-state index in [1.54, 1.807) is 23.1 Å². The third kappa shape index (κ3) is 6.18. The number of aliphatic hydroxyl groups is 1. The van der Waals surface area contributed by atoms with Crippen molar-refractivity contribution in [2.24, 2.45) is 5.92 Å². The van der Waals surface area contributed by atoms with Crippen LogP contribution in [0.25, 0.3) is 0 Å². The van der Waals surface area contributed by atoms with Crippen molar-refractivity contribution in [1.29, 1.82) is 0 Å². The summed E-state index contributed by atoms with van der Waals surface area (Å²) >= 11 is 1.45. The van der Waals surface area contributed by atoms with Crippen molar-refractivity contribution in [3.63, 3.8) is 0 Å². The second kappa shape index (κ2) is 13.7. The summed E-state index contributed by atoms with van der Waals surface area (Å²) in [5.41, 5.74) is 5.44. The number of aliphatic hydroxyl groups excluding tert-OH is 1. The first-order valence-electron chi connectivity index (χ1n) is 15.5. The van der Waals surface area contributed by atoms with Gasteiger partial charge in [0, 0.05) is 34.9 Å². The van der Waals surface area contributed by atoms with Crippen LogP contribution in [-0.4, -0.2) is 78.5 Å². The van der Waals surface area contributed by atoms with Gasteiger partial charge in [-0.3, -0.25) is 9.80 Å². The van der Waals surface area contributed by atoms with Crippen LogP contribution in [0.15, 0.2) is 82.8 Å². The van der Waals surface area contributed by atoms with Gasteiger partial charge in [-0.05, 0) is 48.3 Å². The largest absolute Gasteiger partial charge is 0.516 e. The van der Waals surface area contributed by atoms with E-state index in [-0.39, 0.29) is 41.8 Å². The second-order valence-corrected chi connectivity index (χ2v) is 12.6. The molecule has 4 heterocycles. The number of morpholine rings is 1. The van der Waals surface area contributed by atoms with Gasteiger partial charge in [-0.15, -0.1) is 11.8 Å². The number of methoxy groups -OCH3 is 1. The number of hydrogen-bond acceptors (Lipinski definition) is 12. The fourth-order valence-electron chi connectivity index (χ4n) is 6.59. The lowest BCUT2D eigenvalue weighted by atomic mass is 9.80. The van der Waals surface area contributed by atoms with Crippen LogP contribution in [0, 0.1) is 17.6 Å². The third-order valence-corrected chi connectivity index (χ3v) is 10.1. The Balaban J connectivity index is 1.07. The topological polar surface area (TPSA) is 136 Å². The van der Waals surface area contributed by atoms with Crippen LogP contribution in [0.3, 0.4) is 0 Å². The molecule has 0 radical (unpaired) electrons. The number of fused-ring (bicyclic) bond motifs is 3. The predicted molar refractivity (Wildman–Crippen MR) is 169 cm³/mol. The monoisotopic (exact) mass is 695 g/mol. The van der Waals surface area contributed by atoms with Crippen molar-refractivity contribution < 1.29 is 52.0 Å². The molecule has 0 aromatic heterocycles. The van der Waals surface area contributed by atoms with Crippen LogP contribution in [0.1, 0.15) is 27.9 Å². The molecule has 12 nitrogen and oxygen atoms in total. The molecule has 15 heteroatoms. The molecule has 2 aromatic carbocycles. The number of nitrogens with zero attached hydrogens (tertiary/aromatic N) is 2. The number of carbonyl (C=O) groups is 3. The SMILES string of the molecule is COC(=O)c1ccccc1OC(=O)OCOC1=C2C(=O)N3CCO[C@@H](C4CC=CC5=C4Cc4ccc(F)c(F)c4CS5)[C@H]3NN2C=CC1O. The molecule has 0 bridgehead atoms. The number of thioether (sulfide) groups is 1. The van der Waals surface area contributed by atoms with Gasteiger partial charge in [-0.25, -0.2) is 23.8 Å². The number of halogens is 2. The molecule has 1 aliphatic carbocycles. The van der Waals surface area contributed by atoms with E-state index in [2.05, 4.69) is 5.43 Å². The van der Waals surface area contributed by atoms with Gasteiger partial charge in [0.1, 0.15) is 23.6 Å². The number of ether oxygens (including phenoxy) is 5. The average Bonchev–Trinajstić information content (AvgIpc) is 3.31. The van der Waals surface area contributed by atoms with Crippen molar-refractivity contribution in [2.45, 2.75) is 37.0 Å². The highest BCUT2D eigenvalue weighted by molar-refractivity contribution is 8.02. The zero-order valence-corrected chi connectivity index (χ0v) is 26.9. The normalized spacial score (nSPS) is 24.4. The number of carbonyl (C=O) groups excluding carboxylic acids is 3. The summed E-state index contributed by atoms with van der Waals surface area (Å²) in [5, 5.41) is 12.2. The molecule has 1 amide bonds. The number of nitrogens with one attached hydrogen (secondary N) is 1. The molecule has 2 aromatic rings.